The van der Waals surface area contributed by atoms with E-state index in [0.717, 1.165) is 34.2 Å². The van der Waals surface area contributed by atoms with E-state index in [2.05, 4.69) is 127 Å². The molecule has 6 aromatic rings. The summed E-state index contributed by atoms with van der Waals surface area (Å²) in [5.74, 6) is 0. The molecule has 2 nitrogen and oxygen atoms in total. The number of benzene rings is 4. The highest BCUT2D eigenvalue weighted by atomic mass is 32.1. The van der Waals surface area contributed by atoms with Gasteiger partial charge in [0, 0.05) is 21.9 Å². The van der Waals surface area contributed by atoms with Crippen LogP contribution in [0.2, 0.25) is 0 Å². The molecule has 44 heavy (non-hydrogen) atoms. The fourth-order valence-electron chi connectivity index (χ4n) is 5.98. The van der Waals surface area contributed by atoms with Gasteiger partial charge in [-0.15, -0.1) is 22.7 Å². The van der Waals surface area contributed by atoms with Crippen molar-refractivity contribution in [3.8, 4) is 43.4 Å². The summed E-state index contributed by atoms with van der Waals surface area (Å²) in [5.41, 5.74) is 20.5. The standard InChI is InChI=1S/C40H40N2S2/c1-23-11-9-13-35(27(23)5)37-19-31(17-25(3)29(37)7)39-41-33(21-43-39)15-16-34-22-44-40(42-34)32-18-26(4)30(8)38(20-32)36-14-10-12-24(2)28(36)6/h9-14,17-22H,15-16H2,1-8H3. The lowest BCUT2D eigenvalue weighted by atomic mass is 9.90. The number of hydrogen-bond donors (Lipinski definition) is 0. The molecule has 0 bridgehead atoms. The van der Waals surface area contributed by atoms with Crippen LogP contribution in [0.25, 0.3) is 43.4 Å². The molecule has 4 aromatic carbocycles. The molecule has 0 N–H and O–H groups in total. The summed E-state index contributed by atoms with van der Waals surface area (Å²) >= 11 is 3.48. The highest BCUT2D eigenvalue weighted by Crippen LogP contribution is 2.37. The molecule has 0 fully saturated rings. The van der Waals surface area contributed by atoms with Crippen molar-refractivity contribution >= 4 is 22.7 Å². The largest absolute Gasteiger partial charge is 0.241 e. The fourth-order valence-corrected chi connectivity index (χ4v) is 7.66. The topological polar surface area (TPSA) is 25.8 Å². The van der Waals surface area contributed by atoms with Crippen LogP contribution >= 0.6 is 22.7 Å². The Kier molecular flexibility index (Phi) is 8.41. The van der Waals surface area contributed by atoms with Gasteiger partial charge in [0.25, 0.3) is 0 Å². The van der Waals surface area contributed by atoms with Crippen molar-refractivity contribution in [3.05, 3.63) is 127 Å². The van der Waals surface area contributed by atoms with Crippen LogP contribution in [0.1, 0.15) is 55.9 Å². The van der Waals surface area contributed by atoms with Crippen LogP contribution in [0.15, 0.2) is 71.4 Å². The highest BCUT2D eigenvalue weighted by molar-refractivity contribution is 7.13. The molecule has 0 unspecified atom stereocenters. The molecule has 2 aromatic heterocycles. The van der Waals surface area contributed by atoms with E-state index in [1.807, 2.05) is 0 Å². The molecule has 6 rings (SSSR count). The maximum absolute atomic E-state index is 5.08. The highest BCUT2D eigenvalue weighted by Gasteiger charge is 2.15. The summed E-state index contributed by atoms with van der Waals surface area (Å²) in [6, 6.07) is 22.4. The van der Waals surface area contributed by atoms with E-state index in [9.17, 15) is 0 Å². The van der Waals surface area contributed by atoms with E-state index in [1.54, 1.807) is 22.7 Å². The lowest BCUT2D eigenvalue weighted by Crippen LogP contribution is -1.95. The van der Waals surface area contributed by atoms with Gasteiger partial charge in [-0.05, 0) is 159 Å². The van der Waals surface area contributed by atoms with E-state index in [-0.39, 0.29) is 0 Å². The zero-order valence-electron chi connectivity index (χ0n) is 27.1. The number of thiazole rings is 2. The minimum atomic E-state index is 0.884. The Morgan fingerprint density at radius 2 is 0.841 bits per heavy atom. The third-order valence-electron chi connectivity index (χ3n) is 9.36. The van der Waals surface area contributed by atoms with E-state index >= 15 is 0 Å². The number of rotatable bonds is 7. The minimum Gasteiger partial charge on any atom is -0.241 e. The summed E-state index contributed by atoms with van der Waals surface area (Å²) in [4.78, 5) is 10.2. The van der Waals surface area contributed by atoms with Crippen LogP contribution in [0.5, 0.6) is 0 Å². The predicted molar refractivity (Wildman–Crippen MR) is 191 cm³/mol. The molecule has 0 saturated heterocycles. The van der Waals surface area contributed by atoms with Crippen molar-refractivity contribution in [1.82, 2.24) is 9.97 Å². The lowest BCUT2D eigenvalue weighted by Gasteiger charge is -2.15. The predicted octanol–water partition coefficient (Wildman–Crippen LogP) is 11.5. The molecule has 222 valence electrons. The Labute approximate surface area is 270 Å². The molecule has 0 spiro atoms. The Balaban J connectivity index is 1.22. The molecule has 0 amide bonds. The third kappa shape index (κ3) is 5.81. The van der Waals surface area contributed by atoms with Crippen molar-refractivity contribution < 1.29 is 0 Å². The summed E-state index contributed by atoms with van der Waals surface area (Å²) in [6.07, 6.45) is 1.77. The first-order valence-corrected chi connectivity index (χ1v) is 17.1. The van der Waals surface area contributed by atoms with Gasteiger partial charge < -0.3 is 0 Å². The molecule has 2 heterocycles. The van der Waals surface area contributed by atoms with Gasteiger partial charge in [0.15, 0.2) is 0 Å². The second-order valence-electron chi connectivity index (χ2n) is 12.2. The van der Waals surface area contributed by atoms with Crippen LogP contribution < -0.4 is 0 Å². The van der Waals surface area contributed by atoms with Gasteiger partial charge in [-0.3, -0.25) is 0 Å². The summed E-state index contributed by atoms with van der Waals surface area (Å²) in [5, 5.41) is 6.61. The van der Waals surface area contributed by atoms with Crippen molar-refractivity contribution in [2.24, 2.45) is 0 Å². The zero-order chi connectivity index (χ0) is 31.1. The van der Waals surface area contributed by atoms with Crippen molar-refractivity contribution in [2.75, 3.05) is 0 Å². The lowest BCUT2D eigenvalue weighted by molar-refractivity contribution is 0.900. The first-order valence-electron chi connectivity index (χ1n) is 15.4. The normalized spacial score (nSPS) is 11.4. The minimum absolute atomic E-state index is 0.884. The monoisotopic (exact) mass is 612 g/mol. The molecular weight excluding hydrogens is 573 g/mol. The summed E-state index contributed by atoms with van der Waals surface area (Å²) in [7, 11) is 0. The van der Waals surface area contributed by atoms with Gasteiger partial charge in [-0.1, -0.05) is 36.4 Å². The van der Waals surface area contributed by atoms with E-state index in [0.29, 0.717) is 0 Å². The fraction of sp³-hybridized carbons (Fsp3) is 0.250. The van der Waals surface area contributed by atoms with E-state index in [1.165, 1.54) is 77.9 Å². The zero-order valence-corrected chi connectivity index (χ0v) is 28.7. The van der Waals surface area contributed by atoms with Crippen LogP contribution in [0.4, 0.5) is 0 Å². The van der Waals surface area contributed by atoms with E-state index < -0.39 is 0 Å². The maximum atomic E-state index is 5.08. The Morgan fingerprint density at radius 1 is 0.455 bits per heavy atom. The first kappa shape index (κ1) is 30.2. The van der Waals surface area contributed by atoms with Crippen LogP contribution in [-0.2, 0) is 12.8 Å². The number of aryl methyl sites for hydroxylation is 6. The molecule has 0 aliphatic heterocycles. The number of hydrogen-bond acceptors (Lipinski definition) is 4. The molecular formula is C40H40N2S2. The SMILES string of the molecule is Cc1cccc(-c2cc(-c3nc(CCc4csc(-c5cc(C)c(C)c(-c6cccc(C)c6C)c5)n4)cs3)cc(C)c2C)c1C. The van der Waals surface area contributed by atoms with Crippen LogP contribution in [-0.4, -0.2) is 9.97 Å². The van der Waals surface area contributed by atoms with Gasteiger partial charge in [-0.25, -0.2) is 9.97 Å². The van der Waals surface area contributed by atoms with Crippen molar-refractivity contribution in [2.45, 2.75) is 68.2 Å². The smallest absolute Gasteiger partial charge is 0.123 e. The Bertz CT molecular complexity index is 1860. The number of nitrogens with zero attached hydrogens (tertiary/aromatic N) is 2. The summed E-state index contributed by atoms with van der Waals surface area (Å²) < 4.78 is 0. The van der Waals surface area contributed by atoms with Gasteiger partial charge >= 0.3 is 0 Å². The maximum Gasteiger partial charge on any atom is 0.123 e. The second kappa shape index (κ2) is 12.3. The van der Waals surface area contributed by atoms with Gasteiger partial charge in [0.2, 0.25) is 0 Å². The molecule has 0 aliphatic carbocycles. The molecule has 0 atom stereocenters. The van der Waals surface area contributed by atoms with Gasteiger partial charge in [-0.2, -0.15) is 0 Å². The van der Waals surface area contributed by atoms with Gasteiger partial charge in [0.1, 0.15) is 10.0 Å². The third-order valence-corrected chi connectivity index (χ3v) is 11.2. The Morgan fingerprint density at radius 3 is 1.25 bits per heavy atom. The van der Waals surface area contributed by atoms with E-state index in [4.69, 9.17) is 9.97 Å². The quantitative estimate of drug-likeness (QED) is 0.179. The average molecular weight is 613 g/mol. The first-order chi connectivity index (χ1) is 21.1. The van der Waals surface area contributed by atoms with Gasteiger partial charge in [0.05, 0.1) is 11.4 Å². The van der Waals surface area contributed by atoms with Crippen LogP contribution in [0.3, 0.4) is 0 Å². The van der Waals surface area contributed by atoms with Crippen molar-refractivity contribution in [3.63, 3.8) is 0 Å². The molecule has 4 heteroatoms. The molecule has 0 saturated carbocycles. The Hall–Kier alpha value is -3.86. The van der Waals surface area contributed by atoms with Crippen LogP contribution in [0, 0.1) is 55.4 Å². The average Bonchev–Trinajstić information content (AvgIpc) is 3.68. The summed E-state index contributed by atoms with van der Waals surface area (Å²) in [6.45, 7) is 17.7. The second-order valence-corrected chi connectivity index (χ2v) is 13.9. The number of aromatic nitrogens is 2. The van der Waals surface area contributed by atoms with Crippen molar-refractivity contribution in [1.29, 1.82) is 0 Å². The molecule has 0 radical (unpaired) electrons. The molecule has 0 aliphatic rings.